The van der Waals surface area contributed by atoms with E-state index in [4.69, 9.17) is 12.2 Å². The molecule has 1 atom stereocenters. The molecule has 23 heavy (non-hydrogen) atoms. The van der Waals surface area contributed by atoms with Gasteiger partial charge in [0.15, 0.2) is 5.11 Å². The number of hydrogen-bond donors (Lipinski definition) is 2. The van der Waals surface area contributed by atoms with Crippen molar-refractivity contribution in [2.24, 2.45) is 0 Å². The fourth-order valence-corrected chi connectivity index (χ4v) is 2.91. The lowest BCUT2D eigenvalue weighted by Crippen LogP contribution is -2.32. The van der Waals surface area contributed by atoms with Crippen LogP contribution in [0.25, 0.3) is 0 Å². The fraction of sp³-hybridized carbons (Fsp3) is 0.350. The van der Waals surface area contributed by atoms with E-state index in [0.717, 1.165) is 12.1 Å². The van der Waals surface area contributed by atoms with Crippen LogP contribution in [0.1, 0.15) is 55.8 Å². The second kappa shape index (κ2) is 8.11. The summed E-state index contributed by atoms with van der Waals surface area (Å²) >= 11 is 5.48. The zero-order valence-corrected chi connectivity index (χ0v) is 15.2. The molecule has 2 aromatic rings. The van der Waals surface area contributed by atoms with Crippen molar-refractivity contribution in [3.05, 3.63) is 65.2 Å². The third-order valence-corrected chi connectivity index (χ3v) is 4.33. The van der Waals surface area contributed by atoms with Gasteiger partial charge >= 0.3 is 0 Å². The van der Waals surface area contributed by atoms with Gasteiger partial charge in [-0.2, -0.15) is 0 Å². The van der Waals surface area contributed by atoms with E-state index in [9.17, 15) is 0 Å². The Morgan fingerprint density at radius 3 is 2.26 bits per heavy atom. The first-order valence-electron chi connectivity index (χ1n) is 8.24. The lowest BCUT2D eigenvalue weighted by Gasteiger charge is -2.21. The van der Waals surface area contributed by atoms with Crippen LogP contribution in [0.5, 0.6) is 0 Å². The van der Waals surface area contributed by atoms with Crippen molar-refractivity contribution >= 4 is 23.0 Å². The maximum atomic E-state index is 5.48. The molecule has 3 heteroatoms. The van der Waals surface area contributed by atoms with Crippen LogP contribution >= 0.6 is 12.2 Å². The van der Waals surface area contributed by atoms with Gasteiger partial charge in [0.25, 0.3) is 0 Å². The molecule has 0 aliphatic heterocycles. The summed E-state index contributed by atoms with van der Waals surface area (Å²) in [6.07, 6.45) is 0.985. The van der Waals surface area contributed by atoms with Gasteiger partial charge in [0, 0.05) is 5.69 Å². The van der Waals surface area contributed by atoms with Crippen molar-refractivity contribution in [1.29, 1.82) is 0 Å². The highest BCUT2D eigenvalue weighted by atomic mass is 32.1. The summed E-state index contributed by atoms with van der Waals surface area (Å²) in [5.41, 5.74) is 4.94. The summed E-state index contributed by atoms with van der Waals surface area (Å²) in [5.74, 6) is 0.541. The fourth-order valence-electron chi connectivity index (χ4n) is 2.65. The summed E-state index contributed by atoms with van der Waals surface area (Å²) in [5, 5.41) is 7.38. The van der Waals surface area contributed by atoms with Gasteiger partial charge < -0.3 is 10.6 Å². The third-order valence-electron chi connectivity index (χ3n) is 4.11. The predicted molar refractivity (Wildman–Crippen MR) is 104 cm³/mol. The van der Waals surface area contributed by atoms with Crippen LogP contribution in [0.2, 0.25) is 0 Å². The number of anilines is 1. The van der Waals surface area contributed by atoms with Gasteiger partial charge in [0.05, 0.1) is 6.04 Å². The first-order chi connectivity index (χ1) is 11.0. The van der Waals surface area contributed by atoms with Gasteiger partial charge in [0.2, 0.25) is 0 Å². The number of hydrogen-bond acceptors (Lipinski definition) is 1. The lowest BCUT2D eigenvalue weighted by atomic mass is 9.99. The zero-order chi connectivity index (χ0) is 16.8. The van der Waals surface area contributed by atoms with Crippen molar-refractivity contribution in [3.8, 4) is 0 Å². The molecule has 0 aliphatic carbocycles. The number of aryl methyl sites for hydroxylation is 1. The first-order valence-corrected chi connectivity index (χ1v) is 8.65. The van der Waals surface area contributed by atoms with Gasteiger partial charge in [-0.15, -0.1) is 0 Å². The van der Waals surface area contributed by atoms with Crippen LogP contribution in [0.15, 0.2) is 48.5 Å². The first kappa shape index (κ1) is 17.5. The van der Waals surface area contributed by atoms with Crippen molar-refractivity contribution < 1.29 is 0 Å². The molecule has 0 fully saturated rings. The molecule has 0 heterocycles. The molecule has 0 aliphatic rings. The Hall–Kier alpha value is -1.87. The quantitative estimate of drug-likeness (QED) is 0.704. The smallest absolute Gasteiger partial charge is 0.171 e. The van der Waals surface area contributed by atoms with Crippen molar-refractivity contribution in [3.63, 3.8) is 0 Å². The van der Waals surface area contributed by atoms with Gasteiger partial charge in [-0.1, -0.05) is 57.2 Å². The van der Waals surface area contributed by atoms with E-state index >= 15 is 0 Å². The number of benzene rings is 2. The van der Waals surface area contributed by atoms with Crippen LogP contribution in [-0.4, -0.2) is 5.11 Å². The largest absolute Gasteiger partial charge is 0.356 e. The molecule has 0 radical (unpaired) electrons. The second-order valence-corrected chi connectivity index (χ2v) is 6.60. The molecule has 0 saturated carbocycles. The summed E-state index contributed by atoms with van der Waals surface area (Å²) in [6, 6.07) is 17.1. The summed E-state index contributed by atoms with van der Waals surface area (Å²) in [4.78, 5) is 0. The van der Waals surface area contributed by atoms with E-state index in [-0.39, 0.29) is 6.04 Å². The van der Waals surface area contributed by atoms with E-state index in [2.05, 4.69) is 86.9 Å². The lowest BCUT2D eigenvalue weighted by molar-refractivity contribution is 0.625. The summed E-state index contributed by atoms with van der Waals surface area (Å²) in [7, 11) is 0. The van der Waals surface area contributed by atoms with Crippen LogP contribution in [-0.2, 0) is 0 Å². The summed E-state index contributed by atoms with van der Waals surface area (Å²) in [6.45, 7) is 8.70. The van der Waals surface area contributed by atoms with Crippen LogP contribution in [0, 0.1) is 6.92 Å². The number of thiocarbonyl (C=S) groups is 1. The van der Waals surface area contributed by atoms with E-state index in [1.165, 1.54) is 16.7 Å². The number of rotatable bonds is 5. The normalized spacial score (nSPS) is 12.0. The average Bonchev–Trinajstić information content (AvgIpc) is 2.54. The van der Waals surface area contributed by atoms with Gasteiger partial charge in [0.1, 0.15) is 0 Å². The summed E-state index contributed by atoms with van der Waals surface area (Å²) < 4.78 is 0. The minimum atomic E-state index is 0.228. The zero-order valence-electron chi connectivity index (χ0n) is 14.4. The Balaban J connectivity index is 2.01. The maximum absolute atomic E-state index is 5.48. The van der Waals surface area contributed by atoms with E-state index in [1.54, 1.807) is 0 Å². The van der Waals surface area contributed by atoms with Crippen LogP contribution in [0.3, 0.4) is 0 Å². The molecule has 0 aromatic heterocycles. The van der Waals surface area contributed by atoms with Crippen molar-refractivity contribution in [2.45, 2.75) is 46.1 Å². The Morgan fingerprint density at radius 2 is 1.70 bits per heavy atom. The average molecular weight is 327 g/mol. The Bertz CT molecular complexity index is 647. The molecule has 0 bridgehead atoms. The van der Waals surface area contributed by atoms with Crippen molar-refractivity contribution in [2.75, 3.05) is 5.32 Å². The van der Waals surface area contributed by atoms with E-state index < -0.39 is 0 Å². The molecule has 0 unspecified atom stereocenters. The van der Waals surface area contributed by atoms with E-state index in [0.29, 0.717) is 11.0 Å². The van der Waals surface area contributed by atoms with Gasteiger partial charge in [-0.3, -0.25) is 0 Å². The highest BCUT2D eigenvalue weighted by Gasteiger charge is 2.12. The minimum Gasteiger partial charge on any atom is -0.356 e. The molecule has 0 spiro atoms. The minimum absolute atomic E-state index is 0.228. The molecule has 2 nitrogen and oxygen atoms in total. The van der Waals surface area contributed by atoms with Gasteiger partial charge in [-0.25, -0.2) is 0 Å². The standard InChI is InChI=1S/C20H26N2S/c1-5-19(18-9-7-6-8-15(18)4)22-20(23)21-17-12-10-16(11-13-17)14(2)3/h6-14,19H,5H2,1-4H3,(H2,21,22,23)/t19-/m1/s1. The van der Waals surface area contributed by atoms with Crippen molar-refractivity contribution in [1.82, 2.24) is 5.32 Å². The SMILES string of the molecule is CC[C@@H](NC(=S)Nc1ccc(C(C)C)cc1)c1ccccc1C. The molecule has 122 valence electrons. The molecular formula is C20H26N2S. The van der Waals surface area contributed by atoms with Gasteiger partial charge in [-0.05, 0) is 60.3 Å². The highest BCUT2D eigenvalue weighted by Crippen LogP contribution is 2.21. The Kier molecular flexibility index (Phi) is 6.17. The third kappa shape index (κ3) is 4.80. The molecule has 2 aromatic carbocycles. The molecule has 2 rings (SSSR count). The monoisotopic (exact) mass is 326 g/mol. The molecule has 2 N–H and O–H groups in total. The second-order valence-electron chi connectivity index (χ2n) is 6.19. The number of nitrogens with one attached hydrogen (secondary N) is 2. The Labute approximate surface area is 145 Å². The molecule has 0 saturated heterocycles. The van der Waals surface area contributed by atoms with Crippen LogP contribution in [0.4, 0.5) is 5.69 Å². The predicted octanol–water partition coefficient (Wildman–Crippen LogP) is 5.56. The van der Waals surface area contributed by atoms with Crippen LogP contribution < -0.4 is 10.6 Å². The molecular weight excluding hydrogens is 300 g/mol. The molecule has 0 amide bonds. The highest BCUT2D eigenvalue weighted by molar-refractivity contribution is 7.80. The van der Waals surface area contributed by atoms with E-state index in [1.807, 2.05) is 0 Å². The topological polar surface area (TPSA) is 24.1 Å². The Morgan fingerprint density at radius 1 is 1.04 bits per heavy atom. The maximum Gasteiger partial charge on any atom is 0.171 e.